The lowest BCUT2D eigenvalue weighted by molar-refractivity contribution is -0.121. The van der Waals surface area contributed by atoms with Crippen molar-refractivity contribution >= 4 is 5.91 Å². The van der Waals surface area contributed by atoms with Crippen molar-refractivity contribution in [3.05, 3.63) is 0 Å². The average molecular weight is 239 g/mol. The van der Waals surface area contributed by atoms with E-state index in [4.69, 9.17) is 0 Å². The molecule has 1 saturated heterocycles. The molecule has 2 N–H and O–H groups in total. The smallest absolute Gasteiger partial charge is 0.221 e. The highest BCUT2D eigenvalue weighted by Gasteiger charge is 2.30. The molecule has 0 radical (unpaired) electrons. The summed E-state index contributed by atoms with van der Waals surface area (Å²) >= 11 is 0. The topological polar surface area (TPSA) is 44.4 Å². The molecular weight excluding hydrogens is 214 g/mol. The number of nitrogens with zero attached hydrogens (tertiary/aromatic N) is 1. The quantitative estimate of drug-likeness (QED) is 0.718. The molecule has 2 rings (SSSR count). The summed E-state index contributed by atoms with van der Waals surface area (Å²) in [5.41, 5.74) is 0. The van der Waals surface area contributed by atoms with Crippen LogP contribution in [0.15, 0.2) is 0 Å². The third-order valence-electron chi connectivity index (χ3n) is 3.84. The maximum atomic E-state index is 11.3. The van der Waals surface area contributed by atoms with Crippen molar-refractivity contribution in [3.63, 3.8) is 0 Å². The summed E-state index contributed by atoms with van der Waals surface area (Å²) in [5, 5.41) is 6.29. The fourth-order valence-electron chi connectivity index (χ4n) is 2.60. The maximum Gasteiger partial charge on any atom is 0.221 e. The lowest BCUT2D eigenvalue weighted by Gasteiger charge is -2.30. The van der Waals surface area contributed by atoms with E-state index in [1.807, 2.05) is 0 Å². The van der Waals surface area contributed by atoms with Crippen molar-refractivity contribution in [1.29, 1.82) is 0 Å². The number of nitrogens with one attached hydrogen (secondary N) is 2. The molecule has 1 aliphatic heterocycles. The van der Waals surface area contributed by atoms with E-state index in [-0.39, 0.29) is 5.91 Å². The second-order valence-corrected chi connectivity index (χ2v) is 5.30. The highest BCUT2D eigenvalue weighted by atomic mass is 16.1. The normalized spacial score (nSPS) is 24.9. The largest absolute Gasteiger partial charge is 0.359 e. The van der Waals surface area contributed by atoms with E-state index in [2.05, 4.69) is 15.5 Å². The Morgan fingerprint density at radius 1 is 1.35 bits per heavy atom. The van der Waals surface area contributed by atoms with Crippen LogP contribution in [0.2, 0.25) is 0 Å². The van der Waals surface area contributed by atoms with E-state index >= 15 is 0 Å². The molecule has 4 heteroatoms. The van der Waals surface area contributed by atoms with Crippen molar-refractivity contribution in [3.8, 4) is 0 Å². The first-order chi connectivity index (χ1) is 8.29. The standard InChI is InChI=1S/C13H25N3O/c1-14-13(17)7-9-16(12-5-6-12)10-11-4-2-3-8-15-11/h11-12,15H,2-10H2,1H3,(H,14,17). The van der Waals surface area contributed by atoms with Crippen LogP contribution in [-0.2, 0) is 4.79 Å². The van der Waals surface area contributed by atoms with Crippen molar-refractivity contribution in [2.24, 2.45) is 0 Å². The van der Waals surface area contributed by atoms with E-state index in [1.54, 1.807) is 7.05 Å². The Morgan fingerprint density at radius 3 is 2.76 bits per heavy atom. The Morgan fingerprint density at radius 2 is 2.18 bits per heavy atom. The van der Waals surface area contributed by atoms with Gasteiger partial charge in [0, 0.05) is 38.6 Å². The summed E-state index contributed by atoms with van der Waals surface area (Å²) in [6, 6.07) is 1.40. The Bertz CT molecular complexity index is 247. The van der Waals surface area contributed by atoms with Gasteiger partial charge in [0.05, 0.1) is 0 Å². The molecule has 1 aliphatic carbocycles. The molecule has 1 atom stereocenters. The van der Waals surface area contributed by atoms with Gasteiger partial charge < -0.3 is 10.6 Å². The van der Waals surface area contributed by atoms with E-state index in [1.165, 1.54) is 38.6 Å². The number of hydrogen-bond acceptors (Lipinski definition) is 3. The number of hydrogen-bond donors (Lipinski definition) is 2. The number of piperidine rings is 1. The number of carbonyl (C=O) groups is 1. The van der Waals surface area contributed by atoms with E-state index in [0.717, 1.165) is 19.1 Å². The number of carbonyl (C=O) groups excluding carboxylic acids is 1. The van der Waals surface area contributed by atoms with Crippen LogP contribution >= 0.6 is 0 Å². The molecule has 2 aliphatic rings. The summed E-state index contributed by atoms with van der Waals surface area (Å²) in [6.45, 7) is 3.21. The van der Waals surface area contributed by atoms with Gasteiger partial charge in [-0.3, -0.25) is 9.69 Å². The predicted molar refractivity (Wildman–Crippen MR) is 68.9 cm³/mol. The summed E-state index contributed by atoms with van der Waals surface area (Å²) < 4.78 is 0. The highest BCUT2D eigenvalue weighted by molar-refractivity contribution is 5.75. The van der Waals surface area contributed by atoms with Crippen LogP contribution < -0.4 is 10.6 Å². The SMILES string of the molecule is CNC(=O)CCN(CC1CCCCN1)C1CC1. The molecule has 98 valence electrons. The van der Waals surface area contributed by atoms with Crippen LogP contribution in [0.25, 0.3) is 0 Å². The monoisotopic (exact) mass is 239 g/mol. The van der Waals surface area contributed by atoms with Gasteiger partial charge in [-0.25, -0.2) is 0 Å². The lowest BCUT2D eigenvalue weighted by atomic mass is 10.0. The second kappa shape index (κ2) is 6.36. The zero-order valence-corrected chi connectivity index (χ0v) is 10.9. The third kappa shape index (κ3) is 4.28. The first kappa shape index (κ1) is 12.8. The van der Waals surface area contributed by atoms with Gasteiger partial charge in [-0.05, 0) is 32.2 Å². The summed E-state index contributed by atoms with van der Waals surface area (Å²) in [5.74, 6) is 0.159. The van der Waals surface area contributed by atoms with Gasteiger partial charge in [-0.1, -0.05) is 6.42 Å². The van der Waals surface area contributed by atoms with Crippen LogP contribution in [0.5, 0.6) is 0 Å². The first-order valence-corrected chi connectivity index (χ1v) is 6.97. The van der Waals surface area contributed by atoms with Crippen LogP contribution in [0.4, 0.5) is 0 Å². The fraction of sp³-hybridized carbons (Fsp3) is 0.923. The van der Waals surface area contributed by atoms with Crippen molar-refractivity contribution in [2.45, 2.75) is 50.6 Å². The van der Waals surface area contributed by atoms with Gasteiger partial charge in [0.1, 0.15) is 0 Å². The minimum Gasteiger partial charge on any atom is -0.359 e. The average Bonchev–Trinajstić information content (AvgIpc) is 3.19. The van der Waals surface area contributed by atoms with E-state index in [0.29, 0.717) is 12.5 Å². The van der Waals surface area contributed by atoms with Crippen LogP contribution in [0, 0.1) is 0 Å². The molecule has 0 bridgehead atoms. The van der Waals surface area contributed by atoms with Gasteiger partial charge in [-0.15, -0.1) is 0 Å². The van der Waals surface area contributed by atoms with Gasteiger partial charge in [0.25, 0.3) is 0 Å². The second-order valence-electron chi connectivity index (χ2n) is 5.30. The van der Waals surface area contributed by atoms with Crippen LogP contribution in [0.1, 0.15) is 38.5 Å². The van der Waals surface area contributed by atoms with Gasteiger partial charge in [0.15, 0.2) is 0 Å². The Hall–Kier alpha value is -0.610. The molecule has 1 unspecified atom stereocenters. The Kier molecular flexibility index (Phi) is 4.80. The molecule has 0 aromatic heterocycles. The maximum absolute atomic E-state index is 11.3. The zero-order chi connectivity index (χ0) is 12.1. The molecule has 2 fully saturated rings. The fourth-order valence-corrected chi connectivity index (χ4v) is 2.60. The van der Waals surface area contributed by atoms with Crippen molar-refractivity contribution in [2.75, 3.05) is 26.7 Å². The molecule has 0 spiro atoms. The number of rotatable bonds is 6. The lowest BCUT2D eigenvalue weighted by Crippen LogP contribution is -2.45. The molecule has 0 aromatic rings. The van der Waals surface area contributed by atoms with Gasteiger partial charge in [-0.2, -0.15) is 0 Å². The summed E-state index contributed by atoms with van der Waals surface area (Å²) in [7, 11) is 1.71. The summed E-state index contributed by atoms with van der Waals surface area (Å²) in [4.78, 5) is 13.8. The first-order valence-electron chi connectivity index (χ1n) is 6.97. The highest BCUT2D eigenvalue weighted by Crippen LogP contribution is 2.27. The van der Waals surface area contributed by atoms with Gasteiger partial charge in [0.2, 0.25) is 5.91 Å². The number of amides is 1. The Balaban J connectivity index is 1.73. The molecule has 4 nitrogen and oxygen atoms in total. The van der Waals surface area contributed by atoms with E-state index < -0.39 is 0 Å². The van der Waals surface area contributed by atoms with E-state index in [9.17, 15) is 4.79 Å². The molecule has 1 amide bonds. The molecule has 17 heavy (non-hydrogen) atoms. The zero-order valence-electron chi connectivity index (χ0n) is 10.9. The minimum atomic E-state index is 0.159. The van der Waals surface area contributed by atoms with Gasteiger partial charge >= 0.3 is 0 Å². The Labute approximate surface area is 104 Å². The predicted octanol–water partition coefficient (Wildman–Crippen LogP) is 0.729. The van der Waals surface area contributed by atoms with Crippen LogP contribution in [-0.4, -0.2) is 49.6 Å². The molecule has 1 heterocycles. The van der Waals surface area contributed by atoms with Crippen molar-refractivity contribution in [1.82, 2.24) is 15.5 Å². The molecule has 1 saturated carbocycles. The van der Waals surface area contributed by atoms with Crippen molar-refractivity contribution < 1.29 is 4.79 Å². The van der Waals surface area contributed by atoms with Crippen LogP contribution in [0.3, 0.4) is 0 Å². The molecular formula is C13H25N3O. The third-order valence-corrected chi connectivity index (χ3v) is 3.84. The minimum absolute atomic E-state index is 0.159. The molecule has 0 aromatic carbocycles. The summed E-state index contributed by atoms with van der Waals surface area (Å²) in [6.07, 6.45) is 7.24.